The molecule has 132 valence electrons. The van der Waals surface area contributed by atoms with E-state index in [4.69, 9.17) is 0 Å². The number of nitrogens with zero attached hydrogens (tertiary/aromatic N) is 1. The Kier molecular flexibility index (Phi) is 2.80. The van der Waals surface area contributed by atoms with Crippen LogP contribution in [0, 0.1) is 23.6 Å². The van der Waals surface area contributed by atoms with Crippen molar-refractivity contribution in [2.45, 2.75) is 31.2 Å². The number of halogens is 1. The fraction of sp³-hybridized carbons (Fsp3) is 0.381. The van der Waals surface area contributed by atoms with Crippen molar-refractivity contribution in [3.05, 3.63) is 53.5 Å². The first-order valence-corrected chi connectivity index (χ1v) is 9.41. The highest BCUT2D eigenvalue weighted by atomic mass is 19.1. The molecule has 2 bridgehead atoms. The van der Waals surface area contributed by atoms with Crippen molar-refractivity contribution in [3.63, 3.8) is 0 Å². The molecule has 2 aromatic carbocycles. The molecule has 0 amide bonds. The van der Waals surface area contributed by atoms with E-state index in [0.717, 1.165) is 11.2 Å². The number of aromatic amines is 1. The van der Waals surface area contributed by atoms with E-state index in [1.807, 2.05) is 12.3 Å². The molecule has 2 heterocycles. The first-order valence-electron chi connectivity index (χ1n) is 9.41. The molecule has 6 rings (SSSR count). The Morgan fingerprint density at radius 2 is 2.00 bits per heavy atom. The van der Waals surface area contributed by atoms with Crippen LogP contribution in [0.25, 0.3) is 10.9 Å². The van der Waals surface area contributed by atoms with Crippen molar-refractivity contribution in [1.29, 1.82) is 0 Å². The van der Waals surface area contributed by atoms with Crippen LogP contribution in [-0.2, 0) is 0 Å². The van der Waals surface area contributed by atoms with Crippen molar-refractivity contribution < 1.29 is 9.50 Å². The van der Waals surface area contributed by atoms with E-state index in [1.165, 1.54) is 36.3 Å². The third-order valence-electron chi connectivity index (χ3n) is 6.99. The largest absolute Gasteiger partial charge is 0.508 e. The Hall–Kier alpha value is -2.56. The van der Waals surface area contributed by atoms with Gasteiger partial charge >= 0.3 is 0 Å². The fourth-order valence-corrected chi connectivity index (χ4v) is 6.09. The molecule has 26 heavy (non-hydrogen) atoms. The topological polar surface area (TPSA) is 60.9 Å². The highest BCUT2D eigenvalue weighted by molar-refractivity contribution is 5.88. The zero-order chi connectivity index (χ0) is 17.4. The van der Waals surface area contributed by atoms with Gasteiger partial charge < -0.3 is 10.4 Å². The van der Waals surface area contributed by atoms with Gasteiger partial charge in [0.05, 0.1) is 17.8 Å². The van der Waals surface area contributed by atoms with Crippen molar-refractivity contribution in [1.82, 2.24) is 10.2 Å². The zero-order valence-electron chi connectivity index (χ0n) is 14.2. The van der Waals surface area contributed by atoms with Crippen LogP contribution in [0.5, 0.6) is 5.75 Å². The molecule has 2 saturated carbocycles. The lowest BCUT2D eigenvalue weighted by Crippen LogP contribution is -2.36. The van der Waals surface area contributed by atoms with Gasteiger partial charge in [0.15, 0.2) is 0 Å². The molecule has 0 spiro atoms. The first kappa shape index (κ1) is 14.6. The van der Waals surface area contributed by atoms with E-state index in [0.29, 0.717) is 29.2 Å². The zero-order valence-corrected chi connectivity index (χ0v) is 14.2. The van der Waals surface area contributed by atoms with Crippen molar-refractivity contribution in [2.75, 3.05) is 5.32 Å². The Bertz CT molecular complexity index is 1030. The maximum Gasteiger partial charge on any atom is 0.132 e. The van der Waals surface area contributed by atoms with E-state index in [-0.39, 0.29) is 17.6 Å². The number of phenolic OH excluding ortho intramolecular Hbond substituents is 1. The summed E-state index contributed by atoms with van der Waals surface area (Å²) < 4.78 is 14.7. The van der Waals surface area contributed by atoms with E-state index in [1.54, 1.807) is 12.1 Å². The highest BCUT2D eigenvalue weighted by Gasteiger charge is 2.54. The molecule has 1 unspecified atom stereocenters. The number of aromatic hydroxyl groups is 1. The molecule has 3 aliphatic rings. The molecule has 4 nitrogen and oxygen atoms in total. The first-order chi connectivity index (χ1) is 12.7. The van der Waals surface area contributed by atoms with Crippen LogP contribution in [0.15, 0.2) is 36.5 Å². The van der Waals surface area contributed by atoms with Crippen molar-refractivity contribution in [2.24, 2.45) is 17.8 Å². The quantitative estimate of drug-likeness (QED) is 0.596. The number of benzene rings is 2. The third kappa shape index (κ3) is 1.81. The summed E-state index contributed by atoms with van der Waals surface area (Å²) in [6, 6.07) is 8.67. The Morgan fingerprint density at radius 3 is 2.88 bits per heavy atom. The van der Waals surface area contributed by atoms with Crippen LogP contribution < -0.4 is 5.32 Å². The third-order valence-corrected chi connectivity index (χ3v) is 6.99. The lowest BCUT2D eigenvalue weighted by Gasteiger charge is -2.43. The monoisotopic (exact) mass is 349 g/mol. The molecule has 0 radical (unpaired) electrons. The van der Waals surface area contributed by atoms with Crippen LogP contribution >= 0.6 is 0 Å². The van der Waals surface area contributed by atoms with E-state index in [9.17, 15) is 9.50 Å². The van der Waals surface area contributed by atoms with Crippen molar-refractivity contribution >= 4 is 16.6 Å². The molecule has 5 atom stereocenters. The van der Waals surface area contributed by atoms with Gasteiger partial charge in [0.2, 0.25) is 0 Å². The minimum atomic E-state index is -0.322. The van der Waals surface area contributed by atoms with Gasteiger partial charge in [0.1, 0.15) is 11.6 Å². The fourth-order valence-electron chi connectivity index (χ4n) is 6.09. The summed E-state index contributed by atoms with van der Waals surface area (Å²) in [5.41, 5.74) is 4.21. The molecule has 0 saturated heterocycles. The minimum Gasteiger partial charge on any atom is -0.508 e. The number of anilines is 1. The summed E-state index contributed by atoms with van der Waals surface area (Å²) in [5.74, 6) is 1.80. The maximum atomic E-state index is 14.7. The molecule has 1 aliphatic heterocycles. The summed E-state index contributed by atoms with van der Waals surface area (Å²) in [6.07, 6.45) is 5.67. The normalized spacial score (nSPS) is 31.7. The average Bonchev–Trinajstić information content (AvgIpc) is 3.36. The van der Waals surface area contributed by atoms with Gasteiger partial charge in [0, 0.05) is 22.7 Å². The van der Waals surface area contributed by atoms with Gasteiger partial charge in [-0.05, 0) is 66.7 Å². The number of hydrogen-bond donors (Lipinski definition) is 3. The second kappa shape index (κ2) is 5.00. The Balaban J connectivity index is 1.56. The number of fused-ring (bicyclic) bond motifs is 9. The summed E-state index contributed by atoms with van der Waals surface area (Å²) in [5, 5.41) is 21.8. The van der Waals surface area contributed by atoms with Crippen LogP contribution in [-0.4, -0.2) is 15.3 Å². The number of nitrogens with one attached hydrogen (secondary N) is 2. The Labute approximate surface area is 150 Å². The molecule has 5 heteroatoms. The molecule has 3 N–H and O–H groups in total. The van der Waals surface area contributed by atoms with Crippen LogP contribution in [0.4, 0.5) is 10.1 Å². The Morgan fingerprint density at radius 1 is 1.12 bits per heavy atom. The number of hydrogen-bond acceptors (Lipinski definition) is 3. The molecule has 3 aromatic rings. The summed E-state index contributed by atoms with van der Waals surface area (Å²) >= 11 is 0. The van der Waals surface area contributed by atoms with E-state index in [2.05, 4.69) is 21.6 Å². The van der Waals surface area contributed by atoms with Gasteiger partial charge in [0.25, 0.3) is 0 Å². The number of aromatic nitrogens is 2. The predicted molar refractivity (Wildman–Crippen MR) is 97.6 cm³/mol. The summed E-state index contributed by atoms with van der Waals surface area (Å²) in [7, 11) is 0. The summed E-state index contributed by atoms with van der Waals surface area (Å²) in [4.78, 5) is 0. The second-order valence-corrected chi connectivity index (χ2v) is 8.12. The number of phenols is 1. The van der Waals surface area contributed by atoms with Gasteiger partial charge in [-0.1, -0.05) is 6.07 Å². The average molecular weight is 349 g/mol. The van der Waals surface area contributed by atoms with Crippen molar-refractivity contribution in [3.8, 4) is 5.75 Å². The number of rotatable bonds is 1. The molecule has 1 aromatic heterocycles. The molecule has 2 aliphatic carbocycles. The second-order valence-electron chi connectivity index (χ2n) is 8.12. The van der Waals surface area contributed by atoms with Crippen LogP contribution in [0.2, 0.25) is 0 Å². The highest BCUT2D eigenvalue weighted by Crippen LogP contribution is 2.64. The SMILES string of the molecule is Oc1ccc([C@@H]2Nc3ccc4[nH]ncc4c3[C@H]3C4CC[C@@H](C4)[C@@H]23)c(F)c1. The smallest absolute Gasteiger partial charge is 0.132 e. The minimum absolute atomic E-state index is 0.0212. The van der Waals surface area contributed by atoms with Crippen LogP contribution in [0.3, 0.4) is 0 Å². The molecule has 2 fully saturated rings. The van der Waals surface area contributed by atoms with Gasteiger partial charge in [-0.15, -0.1) is 0 Å². The standard InChI is InChI=1S/C21H20FN3O/c22-15-8-12(26)3-4-13(15)21-19-11-2-1-10(7-11)18(19)20-14-9-23-25-16(14)5-6-17(20)24-21/h3-6,8-11,18-19,21,24,26H,1-2,7H2,(H,23,25)/t10?,11-,18-,19+,21-/m0/s1. The predicted octanol–water partition coefficient (Wildman–Crippen LogP) is 4.70. The number of H-pyrrole nitrogens is 1. The lowest BCUT2D eigenvalue weighted by molar-refractivity contribution is 0.246. The lowest BCUT2D eigenvalue weighted by atomic mass is 9.67. The summed E-state index contributed by atoms with van der Waals surface area (Å²) in [6.45, 7) is 0. The van der Waals surface area contributed by atoms with E-state index >= 15 is 0 Å². The molecular weight excluding hydrogens is 329 g/mol. The van der Waals surface area contributed by atoms with E-state index < -0.39 is 0 Å². The molecular formula is C21H20FN3O. The maximum absolute atomic E-state index is 14.7. The van der Waals surface area contributed by atoms with Gasteiger partial charge in [-0.25, -0.2) is 4.39 Å². The van der Waals surface area contributed by atoms with Crippen LogP contribution in [0.1, 0.15) is 42.3 Å². The van der Waals surface area contributed by atoms with Gasteiger partial charge in [-0.3, -0.25) is 5.10 Å². The van der Waals surface area contributed by atoms with Gasteiger partial charge in [-0.2, -0.15) is 5.10 Å².